The van der Waals surface area contributed by atoms with Gasteiger partial charge in [0.1, 0.15) is 22.6 Å². The molecule has 144 valence electrons. The number of hydrogen-bond donors (Lipinski definition) is 0. The summed E-state index contributed by atoms with van der Waals surface area (Å²) in [6.45, 7) is 2.87. The highest BCUT2D eigenvalue weighted by atomic mass is 35.5. The third-order valence-corrected chi connectivity index (χ3v) is 5.05. The van der Waals surface area contributed by atoms with Crippen LogP contribution in [0.3, 0.4) is 0 Å². The molecule has 2 aliphatic rings. The van der Waals surface area contributed by atoms with E-state index < -0.39 is 11.7 Å². The van der Waals surface area contributed by atoms with Crippen LogP contribution in [-0.2, 0) is 6.18 Å². The summed E-state index contributed by atoms with van der Waals surface area (Å²) in [5.74, 6) is 2.61. The van der Waals surface area contributed by atoms with Crippen molar-refractivity contribution in [1.82, 2.24) is 15.0 Å². The Morgan fingerprint density at radius 1 is 0.963 bits per heavy atom. The summed E-state index contributed by atoms with van der Waals surface area (Å²) >= 11 is 6.17. The Balaban J connectivity index is 1.46. The molecule has 0 unspecified atom stereocenters. The molecule has 0 radical (unpaired) electrons. The maximum Gasteiger partial charge on any atom is 0.417 e. The van der Waals surface area contributed by atoms with Gasteiger partial charge in [0.15, 0.2) is 0 Å². The van der Waals surface area contributed by atoms with Gasteiger partial charge in [-0.1, -0.05) is 11.6 Å². The second-order valence-electron chi connectivity index (χ2n) is 6.91. The molecule has 27 heavy (non-hydrogen) atoms. The molecule has 2 aromatic rings. The minimum atomic E-state index is -4.37. The molecular weight excluding hydrogens is 379 g/mol. The van der Waals surface area contributed by atoms with Crippen molar-refractivity contribution in [2.24, 2.45) is 0 Å². The van der Waals surface area contributed by atoms with Gasteiger partial charge in [-0.15, -0.1) is 0 Å². The molecule has 2 fully saturated rings. The number of halogens is 4. The first-order valence-corrected chi connectivity index (χ1v) is 9.35. The number of alkyl halides is 3. The van der Waals surface area contributed by atoms with Crippen LogP contribution in [0.5, 0.6) is 0 Å². The lowest BCUT2D eigenvalue weighted by atomic mass is 10.2. The molecule has 5 nitrogen and oxygen atoms in total. The summed E-state index contributed by atoms with van der Waals surface area (Å²) in [4.78, 5) is 17.2. The Bertz CT molecular complexity index is 808. The van der Waals surface area contributed by atoms with Crippen molar-refractivity contribution in [2.45, 2.75) is 31.4 Å². The van der Waals surface area contributed by atoms with E-state index in [9.17, 15) is 13.2 Å². The van der Waals surface area contributed by atoms with Gasteiger partial charge in [0.05, 0.1) is 5.56 Å². The maximum absolute atomic E-state index is 12.7. The lowest BCUT2D eigenvalue weighted by Crippen LogP contribution is -2.31. The molecule has 0 N–H and O–H groups in total. The average Bonchev–Trinajstić information content (AvgIpc) is 3.47. The van der Waals surface area contributed by atoms with Crippen LogP contribution in [0.2, 0.25) is 5.15 Å². The van der Waals surface area contributed by atoms with E-state index in [0.29, 0.717) is 30.0 Å². The molecule has 2 aromatic heterocycles. The molecule has 0 spiro atoms. The average molecular weight is 398 g/mol. The van der Waals surface area contributed by atoms with Gasteiger partial charge in [0.2, 0.25) is 0 Å². The van der Waals surface area contributed by atoms with Crippen LogP contribution < -0.4 is 9.80 Å². The number of pyridine rings is 1. The van der Waals surface area contributed by atoms with Crippen molar-refractivity contribution in [1.29, 1.82) is 0 Å². The van der Waals surface area contributed by atoms with Gasteiger partial charge in [-0.25, -0.2) is 15.0 Å². The van der Waals surface area contributed by atoms with Gasteiger partial charge in [-0.2, -0.15) is 13.2 Å². The second kappa shape index (κ2) is 7.14. The highest BCUT2D eigenvalue weighted by molar-refractivity contribution is 6.29. The predicted octanol–water partition coefficient (Wildman–Crippen LogP) is 4.14. The van der Waals surface area contributed by atoms with Crippen LogP contribution >= 0.6 is 11.6 Å². The molecule has 0 bridgehead atoms. The third-order valence-electron chi connectivity index (χ3n) is 4.86. The smallest absolute Gasteiger partial charge is 0.355 e. The third kappa shape index (κ3) is 4.26. The lowest BCUT2D eigenvalue weighted by Gasteiger charge is -2.24. The summed E-state index contributed by atoms with van der Waals surface area (Å²) in [5.41, 5.74) is -0.731. The maximum atomic E-state index is 12.7. The fourth-order valence-electron chi connectivity index (χ4n) is 3.23. The molecule has 9 heteroatoms. The van der Waals surface area contributed by atoms with E-state index in [2.05, 4.69) is 19.9 Å². The van der Waals surface area contributed by atoms with Gasteiger partial charge >= 0.3 is 6.18 Å². The van der Waals surface area contributed by atoms with Gasteiger partial charge in [-0.05, 0) is 31.4 Å². The van der Waals surface area contributed by atoms with E-state index in [1.54, 1.807) is 6.07 Å². The monoisotopic (exact) mass is 397 g/mol. The normalized spacial score (nSPS) is 18.5. The zero-order chi connectivity index (χ0) is 19.0. The molecule has 1 aliphatic heterocycles. The van der Waals surface area contributed by atoms with E-state index in [4.69, 9.17) is 11.6 Å². The SMILES string of the molecule is FC(F)(F)c1ccc(N2CCCN(c3cc(Cl)nc(C4CC4)n3)CC2)nc1. The Labute approximate surface area is 160 Å². The van der Waals surface area contributed by atoms with Gasteiger partial charge in [-0.3, -0.25) is 0 Å². The molecular formula is C18H19ClF3N5. The fraction of sp³-hybridized carbons (Fsp3) is 0.500. The van der Waals surface area contributed by atoms with Gasteiger partial charge in [0, 0.05) is 44.4 Å². The largest absolute Gasteiger partial charge is 0.417 e. The highest BCUT2D eigenvalue weighted by Gasteiger charge is 2.31. The number of rotatable bonds is 3. The molecule has 1 aliphatic carbocycles. The van der Waals surface area contributed by atoms with Crippen molar-refractivity contribution in [2.75, 3.05) is 36.0 Å². The summed E-state index contributed by atoms with van der Waals surface area (Å²) < 4.78 is 38.1. The molecule has 0 amide bonds. The zero-order valence-corrected chi connectivity index (χ0v) is 15.3. The second-order valence-corrected chi connectivity index (χ2v) is 7.30. The zero-order valence-electron chi connectivity index (χ0n) is 14.6. The van der Waals surface area contributed by atoms with Crippen LogP contribution in [0, 0.1) is 0 Å². The first-order valence-electron chi connectivity index (χ1n) is 8.98. The minimum absolute atomic E-state index is 0.419. The Morgan fingerprint density at radius 2 is 1.67 bits per heavy atom. The lowest BCUT2D eigenvalue weighted by molar-refractivity contribution is -0.137. The van der Waals surface area contributed by atoms with E-state index in [0.717, 1.165) is 56.3 Å². The molecule has 3 heterocycles. The summed E-state index contributed by atoms with van der Waals surface area (Å²) in [5, 5.41) is 0.451. The molecule has 1 saturated carbocycles. The molecule has 1 saturated heterocycles. The van der Waals surface area contributed by atoms with Crippen LogP contribution in [0.4, 0.5) is 24.8 Å². The number of anilines is 2. The first kappa shape index (κ1) is 18.3. The first-order chi connectivity index (χ1) is 12.9. The van der Waals surface area contributed by atoms with Crippen LogP contribution in [0.1, 0.15) is 36.6 Å². The van der Waals surface area contributed by atoms with E-state index >= 15 is 0 Å². The van der Waals surface area contributed by atoms with E-state index in [-0.39, 0.29) is 0 Å². The Morgan fingerprint density at radius 3 is 2.26 bits per heavy atom. The summed E-state index contributed by atoms with van der Waals surface area (Å²) in [6, 6.07) is 4.29. The van der Waals surface area contributed by atoms with Crippen LogP contribution in [-0.4, -0.2) is 41.1 Å². The van der Waals surface area contributed by atoms with E-state index in [1.165, 1.54) is 6.07 Å². The van der Waals surface area contributed by atoms with Crippen molar-refractivity contribution in [3.8, 4) is 0 Å². The number of hydrogen-bond acceptors (Lipinski definition) is 5. The Kier molecular flexibility index (Phi) is 4.84. The molecule has 0 aromatic carbocycles. The van der Waals surface area contributed by atoms with Crippen molar-refractivity contribution in [3.63, 3.8) is 0 Å². The summed E-state index contributed by atoms with van der Waals surface area (Å²) in [7, 11) is 0. The van der Waals surface area contributed by atoms with Crippen LogP contribution in [0.15, 0.2) is 24.4 Å². The van der Waals surface area contributed by atoms with Crippen molar-refractivity contribution < 1.29 is 13.2 Å². The molecule has 0 atom stereocenters. The number of aromatic nitrogens is 3. The van der Waals surface area contributed by atoms with Crippen molar-refractivity contribution >= 4 is 23.2 Å². The topological polar surface area (TPSA) is 45.2 Å². The van der Waals surface area contributed by atoms with Gasteiger partial charge in [0.25, 0.3) is 0 Å². The van der Waals surface area contributed by atoms with Gasteiger partial charge < -0.3 is 9.80 Å². The Hall–Kier alpha value is -2.09. The quantitative estimate of drug-likeness (QED) is 0.728. The van der Waals surface area contributed by atoms with Crippen LogP contribution in [0.25, 0.3) is 0 Å². The van der Waals surface area contributed by atoms with E-state index in [1.807, 2.05) is 4.90 Å². The number of nitrogens with zero attached hydrogens (tertiary/aromatic N) is 5. The van der Waals surface area contributed by atoms with Crippen molar-refractivity contribution in [3.05, 3.63) is 40.9 Å². The molecule has 4 rings (SSSR count). The summed E-state index contributed by atoms with van der Waals surface area (Å²) in [6.07, 6.45) is -0.417. The highest BCUT2D eigenvalue weighted by Crippen LogP contribution is 2.39. The predicted molar refractivity (Wildman–Crippen MR) is 97.3 cm³/mol. The standard InChI is InChI=1S/C18H19ClF3N5/c19-14-10-16(25-17(24-14)12-2-3-12)27-7-1-6-26(8-9-27)15-5-4-13(11-23-15)18(20,21)22/h4-5,10-12H,1-3,6-9H2. The fourth-order valence-corrected chi connectivity index (χ4v) is 3.41. The minimum Gasteiger partial charge on any atom is -0.355 e.